The summed E-state index contributed by atoms with van der Waals surface area (Å²) < 4.78 is 15.5. The van der Waals surface area contributed by atoms with E-state index in [0.29, 0.717) is 13.2 Å². The first-order valence-electron chi connectivity index (χ1n) is 6.28. The summed E-state index contributed by atoms with van der Waals surface area (Å²) in [5, 5.41) is 0. The van der Waals surface area contributed by atoms with Crippen LogP contribution in [0.1, 0.15) is 5.56 Å². The van der Waals surface area contributed by atoms with Crippen molar-refractivity contribution >= 4 is 5.97 Å². The van der Waals surface area contributed by atoms with Gasteiger partial charge in [-0.25, -0.2) is 4.79 Å². The van der Waals surface area contributed by atoms with E-state index in [1.807, 2.05) is 24.3 Å². The van der Waals surface area contributed by atoms with Crippen LogP contribution in [0.2, 0.25) is 0 Å². The molecule has 1 fully saturated rings. The summed E-state index contributed by atoms with van der Waals surface area (Å²) in [5.74, 6) is 0.549. The van der Waals surface area contributed by atoms with E-state index in [0.717, 1.165) is 24.4 Å². The lowest BCUT2D eigenvalue weighted by Gasteiger charge is -2.31. The van der Waals surface area contributed by atoms with Gasteiger partial charge in [0.1, 0.15) is 5.75 Å². The fourth-order valence-corrected chi connectivity index (χ4v) is 2.19. The maximum absolute atomic E-state index is 11.5. The number of methoxy groups -OCH3 is 2. The zero-order chi connectivity index (χ0) is 13.7. The Morgan fingerprint density at radius 1 is 1.42 bits per heavy atom. The van der Waals surface area contributed by atoms with E-state index >= 15 is 0 Å². The SMILES string of the molecule is COC(=O)C1CN(Cc2ccccc2OC)CCO1. The molecule has 1 aliphatic rings. The average molecular weight is 265 g/mol. The Balaban J connectivity index is 2.00. The van der Waals surface area contributed by atoms with Crippen molar-refractivity contribution in [3.63, 3.8) is 0 Å². The van der Waals surface area contributed by atoms with Crippen molar-refractivity contribution in [1.82, 2.24) is 4.90 Å². The van der Waals surface area contributed by atoms with Gasteiger partial charge in [0.05, 0.1) is 20.8 Å². The molecule has 1 atom stereocenters. The summed E-state index contributed by atoms with van der Waals surface area (Å²) in [7, 11) is 3.04. The second kappa shape index (κ2) is 6.54. The van der Waals surface area contributed by atoms with Gasteiger partial charge in [0, 0.05) is 25.2 Å². The van der Waals surface area contributed by atoms with Gasteiger partial charge < -0.3 is 14.2 Å². The van der Waals surface area contributed by atoms with Crippen molar-refractivity contribution in [2.75, 3.05) is 33.9 Å². The molecular weight excluding hydrogens is 246 g/mol. The van der Waals surface area contributed by atoms with Crippen molar-refractivity contribution in [3.05, 3.63) is 29.8 Å². The highest BCUT2D eigenvalue weighted by Gasteiger charge is 2.27. The molecule has 1 aliphatic heterocycles. The number of ether oxygens (including phenoxy) is 3. The lowest BCUT2D eigenvalue weighted by molar-refractivity contribution is -0.160. The molecule has 0 radical (unpaired) electrons. The molecule has 0 N–H and O–H groups in total. The fraction of sp³-hybridized carbons (Fsp3) is 0.500. The minimum Gasteiger partial charge on any atom is -0.496 e. The lowest BCUT2D eigenvalue weighted by Crippen LogP contribution is -2.46. The first-order chi connectivity index (χ1) is 9.24. The maximum Gasteiger partial charge on any atom is 0.336 e. The number of morpholine rings is 1. The minimum atomic E-state index is -0.492. The van der Waals surface area contributed by atoms with Crippen LogP contribution in [0.4, 0.5) is 0 Å². The number of carbonyl (C=O) groups is 1. The number of benzene rings is 1. The van der Waals surface area contributed by atoms with Crippen LogP contribution in [-0.4, -0.2) is 50.9 Å². The van der Waals surface area contributed by atoms with E-state index in [-0.39, 0.29) is 5.97 Å². The van der Waals surface area contributed by atoms with Gasteiger partial charge in [0.15, 0.2) is 6.10 Å². The van der Waals surface area contributed by atoms with E-state index in [1.165, 1.54) is 7.11 Å². The molecule has 1 heterocycles. The third kappa shape index (κ3) is 3.45. The number of rotatable bonds is 4. The third-order valence-corrected chi connectivity index (χ3v) is 3.20. The zero-order valence-corrected chi connectivity index (χ0v) is 11.3. The van der Waals surface area contributed by atoms with Crippen molar-refractivity contribution in [2.45, 2.75) is 12.6 Å². The molecule has 1 unspecified atom stereocenters. The molecule has 1 saturated heterocycles. The molecule has 0 amide bonds. The van der Waals surface area contributed by atoms with Gasteiger partial charge >= 0.3 is 5.97 Å². The number of hydrogen-bond donors (Lipinski definition) is 0. The summed E-state index contributed by atoms with van der Waals surface area (Å²) in [4.78, 5) is 13.7. The van der Waals surface area contributed by atoms with Crippen LogP contribution >= 0.6 is 0 Å². The smallest absolute Gasteiger partial charge is 0.336 e. The highest BCUT2D eigenvalue weighted by molar-refractivity contribution is 5.74. The minimum absolute atomic E-state index is 0.315. The Morgan fingerprint density at radius 3 is 2.95 bits per heavy atom. The van der Waals surface area contributed by atoms with E-state index < -0.39 is 6.10 Å². The lowest BCUT2D eigenvalue weighted by atomic mass is 10.1. The molecule has 0 bridgehead atoms. The molecule has 5 heteroatoms. The Bertz CT molecular complexity index is 435. The van der Waals surface area contributed by atoms with E-state index in [4.69, 9.17) is 14.2 Å². The monoisotopic (exact) mass is 265 g/mol. The fourth-order valence-electron chi connectivity index (χ4n) is 2.19. The van der Waals surface area contributed by atoms with Gasteiger partial charge in [0.2, 0.25) is 0 Å². The van der Waals surface area contributed by atoms with Gasteiger partial charge in [0.25, 0.3) is 0 Å². The van der Waals surface area contributed by atoms with Crippen molar-refractivity contribution in [3.8, 4) is 5.75 Å². The molecule has 5 nitrogen and oxygen atoms in total. The third-order valence-electron chi connectivity index (χ3n) is 3.20. The van der Waals surface area contributed by atoms with Crippen LogP contribution < -0.4 is 4.74 Å². The second-order valence-electron chi connectivity index (χ2n) is 4.43. The maximum atomic E-state index is 11.5. The van der Waals surface area contributed by atoms with Crippen LogP contribution in [0, 0.1) is 0 Å². The highest BCUT2D eigenvalue weighted by Crippen LogP contribution is 2.20. The van der Waals surface area contributed by atoms with Crippen molar-refractivity contribution in [2.24, 2.45) is 0 Å². The van der Waals surface area contributed by atoms with E-state index in [9.17, 15) is 4.79 Å². The van der Waals surface area contributed by atoms with Gasteiger partial charge in [-0.2, -0.15) is 0 Å². The summed E-state index contributed by atoms with van der Waals surface area (Å²) >= 11 is 0. The van der Waals surface area contributed by atoms with Gasteiger partial charge in [-0.3, -0.25) is 4.90 Å². The van der Waals surface area contributed by atoms with Crippen molar-refractivity contribution in [1.29, 1.82) is 0 Å². The summed E-state index contributed by atoms with van der Waals surface area (Å²) in [6.07, 6.45) is -0.492. The quantitative estimate of drug-likeness (QED) is 0.762. The molecule has 0 saturated carbocycles. The zero-order valence-electron chi connectivity index (χ0n) is 11.3. The van der Waals surface area contributed by atoms with Crippen LogP contribution in [0.15, 0.2) is 24.3 Å². The summed E-state index contributed by atoms with van der Waals surface area (Å²) in [5.41, 5.74) is 1.11. The molecule has 0 spiro atoms. The Hall–Kier alpha value is -1.59. The number of hydrogen-bond acceptors (Lipinski definition) is 5. The number of carbonyl (C=O) groups excluding carboxylic acids is 1. The molecule has 1 aromatic rings. The van der Waals surface area contributed by atoms with Gasteiger partial charge in [-0.1, -0.05) is 18.2 Å². The molecule has 0 aromatic heterocycles. The van der Waals surface area contributed by atoms with Crippen LogP contribution in [0.5, 0.6) is 5.75 Å². The molecule has 1 aromatic carbocycles. The topological polar surface area (TPSA) is 48.0 Å². The Labute approximate surface area is 113 Å². The average Bonchev–Trinajstić information content (AvgIpc) is 2.47. The molecule has 19 heavy (non-hydrogen) atoms. The highest BCUT2D eigenvalue weighted by atomic mass is 16.6. The molecule has 2 rings (SSSR count). The van der Waals surface area contributed by atoms with E-state index in [2.05, 4.69) is 4.90 Å². The number of esters is 1. The number of para-hydroxylation sites is 1. The normalized spacial score (nSPS) is 20.0. The van der Waals surface area contributed by atoms with Crippen LogP contribution in [0.3, 0.4) is 0 Å². The van der Waals surface area contributed by atoms with Crippen LogP contribution in [0.25, 0.3) is 0 Å². The standard InChI is InChI=1S/C14H19NO4/c1-17-12-6-4-3-5-11(12)9-15-7-8-19-13(10-15)14(16)18-2/h3-6,13H,7-10H2,1-2H3. The summed E-state index contributed by atoms with van der Waals surface area (Å²) in [6, 6.07) is 7.89. The first kappa shape index (κ1) is 13.8. The molecule has 0 aliphatic carbocycles. The van der Waals surface area contributed by atoms with Gasteiger partial charge in [-0.05, 0) is 6.07 Å². The van der Waals surface area contributed by atoms with Gasteiger partial charge in [-0.15, -0.1) is 0 Å². The molecule has 104 valence electrons. The first-order valence-corrected chi connectivity index (χ1v) is 6.28. The summed E-state index contributed by atoms with van der Waals surface area (Å²) in [6.45, 7) is 2.62. The predicted molar refractivity (Wildman–Crippen MR) is 70.0 cm³/mol. The Morgan fingerprint density at radius 2 is 2.21 bits per heavy atom. The second-order valence-corrected chi connectivity index (χ2v) is 4.43. The predicted octanol–water partition coefficient (Wildman–Crippen LogP) is 1.07. The van der Waals surface area contributed by atoms with E-state index in [1.54, 1.807) is 7.11 Å². The van der Waals surface area contributed by atoms with Crippen molar-refractivity contribution < 1.29 is 19.0 Å². The number of nitrogens with zero attached hydrogens (tertiary/aromatic N) is 1. The largest absolute Gasteiger partial charge is 0.496 e. The Kier molecular flexibility index (Phi) is 4.76. The van der Waals surface area contributed by atoms with Crippen LogP contribution in [-0.2, 0) is 20.8 Å². The molecular formula is C14H19NO4.